The van der Waals surface area contributed by atoms with Gasteiger partial charge in [0.05, 0.1) is 12.1 Å². The molecule has 0 saturated carbocycles. The van der Waals surface area contributed by atoms with Gasteiger partial charge in [-0.2, -0.15) is 0 Å². The summed E-state index contributed by atoms with van der Waals surface area (Å²) in [6, 6.07) is 0.331. The molecule has 1 rings (SSSR count). The highest BCUT2D eigenvalue weighted by molar-refractivity contribution is 5.26. The molecule has 0 saturated heterocycles. The van der Waals surface area contributed by atoms with E-state index < -0.39 is 5.60 Å². The van der Waals surface area contributed by atoms with Gasteiger partial charge in [0.2, 0.25) is 0 Å². The Kier molecular flexibility index (Phi) is 2.42. The Balaban J connectivity index is 2.64. The summed E-state index contributed by atoms with van der Waals surface area (Å²) in [5.74, 6) is 0. The summed E-state index contributed by atoms with van der Waals surface area (Å²) < 4.78 is 4.96. The summed E-state index contributed by atoms with van der Waals surface area (Å²) in [5, 5.41) is 16.7. The van der Waals surface area contributed by atoms with Gasteiger partial charge in [-0.1, -0.05) is 10.2 Å². The number of rotatable bonds is 3. The van der Waals surface area contributed by atoms with Crippen molar-refractivity contribution < 1.29 is 9.52 Å². The lowest BCUT2D eigenvalue weighted by molar-refractivity contribution is 0.0875. The van der Waals surface area contributed by atoms with E-state index >= 15 is 0 Å². The minimum Gasteiger partial charge on any atom is -0.390 e. The van der Waals surface area contributed by atoms with Gasteiger partial charge in [0.25, 0.3) is 0 Å². The number of likely N-dealkylation sites (N-methyl/N-ethyl adjacent to an activating group) is 1. The molecule has 0 aliphatic heterocycles. The van der Waals surface area contributed by atoms with E-state index in [-0.39, 0.29) is 6.01 Å². The Morgan fingerprint density at radius 1 is 1.54 bits per heavy atom. The monoisotopic (exact) mass is 186 g/mol. The van der Waals surface area contributed by atoms with Crippen LogP contribution in [-0.2, 0) is 0 Å². The van der Waals surface area contributed by atoms with Crippen LogP contribution in [-0.4, -0.2) is 34.5 Å². The highest BCUT2D eigenvalue weighted by Crippen LogP contribution is 2.14. The molecule has 0 aliphatic rings. The summed E-state index contributed by atoms with van der Waals surface area (Å²) in [5.41, 5.74) is 4.44. The van der Waals surface area contributed by atoms with Gasteiger partial charge in [0, 0.05) is 7.05 Å². The topological polar surface area (TPSA) is 88.4 Å². The average molecular weight is 186 g/mol. The molecule has 0 spiro atoms. The molecule has 6 heteroatoms. The summed E-state index contributed by atoms with van der Waals surface area (Å²) in [7, 11) is 1.74. The zero-order valence-electron chi connectivity index (χ0n) is 7.98. The second-order valence-corrected chi connectivity index (χ2v) is 3.59. The van der Waals surface area contributed by atoms with Crippen LogP contribution in [0.3, 0.4) is 0 Å². The summed E-state index contributed by atoms with van der Waals surface area (Å²) in [6.45, 7) is 3.79. The molecule has 0 aliphatic carbocycles. The van der Waals surface area contributed by atoms with E-state index in [4.69, 9.17) is 10.2 Å². The number of hydrogen-bond acceptors (Lipinski definition) is 6. The fourth-order valence-corrected chi connectivity index (χ4v) is 1.03. The number of aliphatic hydroxyl groups is 1. The van der Waals surface area contributed by atoms with Gasteiger partial charge in [-0.05, 0) is 13.8 Å². The van der Waals surface area contributed by atoms with Crippen molar-refractivity contribution >= 4 is 12.0 Å². The molecular formula is C7H14N4O2. The van der Waals surface area contributed by atoms with E-state index in [1.54, 1.807) is 25.8 Å². The molecule has 1 aromatic heterocycles. The average Bonchev–Trinajstić information content (AvgIpc) is 2.31. The molecule has 0 unspecified atom stereocenters. The summed E-state index contributed by atoms with van der Waals surface area (Å²) in [4.78, 5) is 1.64. The van der Waals surface area contributed by atoms with Crippen molar-refractivity contribution in [1.82, 2.24) is 10.2 Å². The molecule has 0 radical (unpaired) electrons. The molecule has 1 aromatic rings. The maximum absolute atomic E-state index is 9.49. The standard InChI is InChI=1S/C7H14N4O2/c1-7(2,12)4-11(3)6-10-9-5(8)13-6/h12H,4H2,1-3H3,(H2,8,9). The van der Waals surface area contributed by atoms with Crippen LogP contribution in [0.15, 0.2) is 4.42 Å². The van der Waals surface area contributed by atoms with Gasteiger partial charge in [-0.25, -0.2) is 0 Å². The Labute approximate surface area is 76.4 Å². The first-order chi connectivity index (χ1) is 5.88. The maximum atomic E-state index is 9.49. The highest BCUT2D eigenvalue weighted by atomic mass is 16.4. The Morgan fingerprint density at radius 2 is 2.15 bits per heavy atom. The molecule has 0 amide bonds. The van der Waals surface area contributed by atoms with E-state index in [1.165, 1.54) is 0 Å². The van der Waals surface area contributed by atoms with Crippen LogP contribution >= 0.6 is 0 Å². The third kappa shape index (κ3) is 2.90. The van der Waals surface area contributed by atoms with Crippen LogP contribution in [0.2, 0.25) is 0 Å². The van der Waals surface area contributed by atoms with E-state index in [1.807, 2.05) is 0 Å². The minimum atomic E-state index is -0.808. The minimum absolute atomic E-state index is 0.0256. The van der Waals surface area contributed by atoms with Gasteiger partial charge in [0.1, 0.15) is 0 Å². The molecule has 0 bridgehead atoms. The van der Waals surface area contributed by atoms with Crippen molar-refractivity contribution in [3.63, 3.8) is 0 Å². The van der Waals surface area contributed by atoms with Gasteiger partial charge in [-0.15, -0.1) is 0 Å². The van der Waals surface area contributed by atoms with Crippen LogP contribution in [0.1, 0.15) is 13.8 Å². The van der Waals surface area contributed by atoms with Gasteiger partial charge >= 0.3 is 12.0 Å². The molecule has 74 valence electrons. The predicted octanol–water partition coefficient (Wildman–Crippen LogP) is -0.141. The third-order valence-electron chi connectivity index (χ3n) is 1.38. The molecule has 6 nitrogen and oxygen atoms in total. The first-order valence-electron chi connectivity index (χ1n) is 3.91. The zero-order valence-corrected chi connectivity index (χ0v) is 7.98. The highest BCUT2D eigenvalue weighted by Gasteiger charge is 2.18. The number of nitrogens with zero attached hydrogens (tertiary/aromatic N) is 3. The SMILES string of the molecule is CN(CC(C)(C)O)c1nnc(N)o1. The molecule has 13 heavy (non-hydrogen) atoms. The Hall–Kier alpha value is -1.30. The van der Waals surface area contributed by atoms with Crippen LogP contribution in [0.4, 0.5) is 12.0 Å². The normalized spacial score (nSPS) is 11.7. The lowest BCUT2D eigenvalue weighted by atomic mass is 10.1. The van der Waals surface area contributed by atoms with Crippen molar-refractivity contribution in [2.45, 2.75) is 19.4 Å². The second-order valence-electron chi connectivity index (χ2n) is 3.59. The molecule has 1 heterocycles. The van der Waals surface area contributed by atoms with E-state index in [0.717, 1.165) is 0 Å². The van der Waals surface area contributed by atoms with Crippen molar-refractivity contribution in [3.8, 4) is 0 Å². The van der Waals surface area contributed by atoms with E-state index in [9.17, 15) is 5.11 Å². The lowest BCUT2D eigenvalue weighted by Gasteiger charge is -2.23. The number of hydrogen-bond donors (Lipinski definition) is 2. The van der Waals surface area contributed by atoms with E-state index in [0.29, 0.717) is 12.6 Å². The predicted molar refractivity (Wildman–Crippen MR) is 48.3 cm³/mol. The Morgan fingerprint density at radius 3 is 2.54 bits per heavy atom. The van der Waals surface area contributed by atoms with Crippen LogP contribution in [0, 0.1) is 0 Å². The van der Waals surface area contributed by atoms with Gasteiger partial charge in [-0.3, -0.25) is 0 Å². The molecule has 0 aromatic carbocycles. The molecular weight excluding hydrogens is 172 g/mol. The summed E-state index contributed by atoms with van der Waals surface area (Å²) >= 11 is 0. The fraction of sp³-hybridized carbons (Fsp3) is 0.714. The summed E-state index contributed by atoms with van der Waals surface area (Å²) in [6.07, 6.45) is 0. The van der Waals surface area contributed by atoms with Crippen molar-refractivity contribution in [1.29, 1.82) is 0 Å². The quantitative estimate of drug-likeness (QED) is 0.683. The fourth-order valence-electron chi connectivity index (χ4n) is 1.03. The largest absolute Gasteiger partial charge is 0.390 e. The van der Waals surface area contributed by atoms with Gasteiger partial charge in [0.15, 0.2) is 0 Å². The first kappa shape index (κ1) is 9.79. The van der Waals surface area contributed by atoms with Crippen molar-refractivity contribution in [2.24, 2.45) is 0 Å². The first-order valence-corrected chi connectivity index (χ1v) is 3.91. The van der Waals surface area contributed by atoms with Gasteiger partial charge < -0.3 is 20.2 Å². The number of aromatic nitrogens is 2. The maximum Gasteiger partial charge on any atom is 0.319 e. The molecule has 0 atom stereocenters. The third-order valence-corrected chi connectivity index (χ3v) is 1.38. The second kappa shape index (κ2) is 3.21. The van der Waals surface area contributed by atoms with Crippen LogP contribution < -0.4 is 10.6 Å². The Bertz CT molecular complexity index is 278. The smallest absolute Gasteiger partial charge is 0.319 e. The van der Waals surface area contributed by atoms with E-state index in [2.05, 4.69) is 10.2 Å². The number of nitrogen functional groups attached to an aromatic ring is 1. The van der Waals surface area contributed by atoms with Crippen molar-refractivity contribution in [3.05, 3.63) is 0 Å². The zero-order chi connectivity index (χ0) is 10.1. The lowest BCUT2D eigenvalue weighted by Crippen LogP contribution is -2.36. The number of anilines is 2. The molecule has 0 fully saturated rings. The number of nitrogens with two attached hydrogens (primary N) is 1. The molecule has 3 N–H and O–H groups in total. The van der Waals surface area contributed by atoms with Crippen LogP contribution in [0.5, 0.6) is 0 Å². The van der Waals surface area contributed by atoms with Crippen LogP contribution in [0.25, 0.3) is 0 Å². The van der Waals surface area contributed by atoms with Crippen molar-refractivity contribution in [2.75, 3.05) is 24.2 Å².